The van der Waals surface area contributed by atoms with Crippen LogP contribution in [0.3, 0.4) is 0 Å². The summed E-state index contributed by atoms with van der Waals surface area (Å²) in [5.41, 5.74) is 10.5. The lowest BCUT2D eigenvalue weighted by atomic mass is 10.1. The van der Waals surface area contributed by atoms with Gasteiger partial charge in [0.1, 0.15) is 0 Å². The maximum absolute atomic E-state index is 6.06. The van der Waals surface area contributed by atoms with Crippen molar-refractivity contribution >= 4 is 16.6 Å². The Morgan fingerprint density at radius 3 is 2.67 bits per heavy atom. The molecule has 0 atom stereocenters. The Balaban J connectivity index is 2.24. The third kappa shape index (κ3) is 1.80. The predicted molar refractivity (Wildman–Crippen MR) is 74.1 cm³/mol. The van der Waals surface area contributed by atoms with E-state index in [1.165, 1.54) is 0 Å². The fourth-order valence-electron chi connectivity index (χ4n) is 2.01. The molecule has 0 amide bonds. The van der Waals surface area contributed by atoms with E-state index >= 15 is 0 Å². The Labute approximate surface area is 105 Å². The Morgan fingerprint density at radius 2 is 1.83 bits per heavy atom. The Morgan fingerprint density at radius 1 is 1.00 bits per heavy atom. The van der Waals surface area contributed by atoms with Gasteiger partial charge in [0, 0.05) is 17.3 Å². The van der Waals surface area contributed by atoms with Crippen molar-refractivity contribution in [3.05, 3.63) is 54.2 Å². The molecule has 3 heteroatoms. The van der Waals surface area contributed by atoms with Gasteiger partial charge >= 0.3 is 0 Å². The minimum Gasteiger partial charge on any atom is -0.398 e. The van der Waals surface area contributed by atoms with Crippen LogP contribution in [0, 0.1) is 6.92 Å². The van der Waals surface area contributed by atoms with Gasteiger partial charge in [-0.1, -0.05) is 18.2 Å². The maximum atomic E-state index is 6.06. The Hall–Kier alpha value is -2.42. The summed E-state index contributed by atoms with van der Waals surface area (Å²) < 4.78 is 0. The van der Waals surface area contributed by atoms with E-state index in [4.69, 9.17) is 5.73 Å². The molecule has 0 unspecified atom stereocenters. The molecule has 2 aromatic heterocycles. The second-order valence-electron chi connectivity index (χ2n) is 4.33. The average molecular weight is 235 g/mol. The molecule has 0 saturated carbocycles. The normalized spacial score (nSPS) is 10.7. The monoisotopic (exact) mass is 235 g/mol. The maximum Gasteiger partial charge on any atom is 0.0914 e. The number of nitrogens with zero attached hydrogens (tertiary/aromatic N) is 2. The van der Waals surface area contributed by atoms with E-state index in [0.29, 0.717) is 0 Å². The first kappa shape index (κ1) is 10.7. The molecule has 0 aliphatic rings. The molecule has 0 spiro atoms. The van der Waals surface area contributed by atoms with Crippen LogP contribution in [0.2, 0.25) is 0 Å². The van der Waals surface area contributed by atoms with Crippen molar-refractivity contribution in [1.29, 1.82) is 0 Å². The van der Waals surface area contributed by atoms with Crippen molar-refractivity contribution in [1.82, 2.24) is 9.97 Å². The fraction of sp³-hybridized carbons (Fsp3) is 0.0667. The van der Waals surface area contributed by atoms with Crippen molar-refractivity contribution in [3.8, 4) is 11.4 Å². The lowest BCUT2D eigenvalue weighted by Gasteiger charge is -2.06. The summed E-state index contributed by atoms with van der Waals surface area (Å²) in [7, 11) is 0. The topological polar surface area (TPSA) is 51.8 Å². The molecule has 0 aliphatic heterocycles. The number of pyridine rings is 2. The number of fused-ring (bicyclic) bond motifs is 1. The lowest BCUT2D eigenvalue weighted by molar-refractivity contribution is 1.25. The zero-order chi connectivity index (χ0) is 12.5. The van der Waals surface area contributed by atoms with Gasteiger partial charge in [-0.25, -0.2) is 4.98 Å². The number of rotatable bonds is 1. The summed E-state index contributed by atoms with van der Waals surface area (Å²) in [5.74, 6) is 0. The van der Waals surface area contributed by atoms with Gasteiger partial charge in [-0.2, -0.15) is 0 Å². The minimum atomic E-state index is 0.735. The summed E-state index contributed by atoms with van der Waals surface area (Å²) in [6, 6.07) is 13.7. The summed E-state index contributed by atoms with van der Waals surface area (Å²) in [5, 5.41) is 0.980. The first-order chi connectivity index (χ1) is 8.74. The van der Waals surface area contributed by atoms with Gasteiger partial charge in [0.15, 0.2) is 0 Å². The molecule has 3 rings (SSSR count). The predicted octanol–water partition coefficient (Wildman–Crippen LogP) is 3.19. The van der Waals surface area contributed by atoms with E-state index in [2.05, 4.69) is 9.97 Å². The van der Waals surface area contributed by atoms with Crippen LogP contribution in [0.15, 0.2) is 48.7 Å². The van der Waals surface area contributed by atoms with Crippen LogP contribution in [-0.2, 0) is 0 Å². The molecule has 3 aromatic rings. The molecule has 2 heterocycles. The molecule has 2 N–H and O–H groups in total. The number of nitrogen functional groups attached to an aromatic ring is 1. The van der Waals surface area contributed by atoms with Gasteiger partial charge < -0.3 is 5.73 Å². The van der Waals surface area contributed by atoms with Crippen molar-refractivity contribution < 1.29 is 0 Å². The zero-order valence-corrected chi connectivity index (χ0v) is 10.1. The molecule has 3 nitrogen and oxygen atoms in total. The largest absolute Gasteiger partial charge is 0.398 e. The highest BCUT2D eigenvalue weighted by Gasteiger charge is 2.06. The van der Waals surface area contributed by atoms with E-state index in [9.17, 15) is 0 Å². The fourth-order valence-corrected chi connectivity index (χ4v) is 2.01. The molecular weight excluding hydrogens is 222 g/mol. The molecule has 0 saturated heterocycles. The highest BCUT2D eigenvalue weighted by Crippen LogP contribution is 2.25. The summed E-state index contributed by atoms with van der Waals surface area (Å²) in [6.07, 6.45) is 1.79. The first-order valence-electron chi connectivity index (χ1n) is 5.82. The van der Waals surface area contributed by atoms with Crippen LogP contribution in [0.1, 0.15) is 5.56 Å². The molecule has 0 fully saturated rings. The van der Waals surface area contributed by atoms with Crippen LogP contribution in [0.25, 0.3) is 22.3 Å². The first-order valence-corrected chi connectivity index (χ1v) is 5.82. The number of aryl methyl sites for hydroxylation is 1. The van der Waals surface area contributed by atoms with Gasteiger partial charge in [-0.15, -0.1) is 0 Å². The summed E-state index contributed by atoms with van der Waals surface area (Å²) >= 11 is 0. The van der Waals surface area contributed by atoms with Crippen molar-refractivity contribution in [2.24, 2.45) is 0 Å². The van der Waals surface area contributed by atoms with Crippen molar-refractivity contribution in [3.63, 3.8) is 0 Å². The molecule has 18 heavy (non-hydrogen) atoms. The Bertz CT molecular complexity index is 720. The molecular formula is C15H13N3. The van der Waals surface area contributed by atoms with E-state index < -0.39 is 0 Å². The third-order valence-corrected chi connectivity index (χ3v) is 2.93. The van der Waals surface area contributed by atoms with Gasteiger partial charge in [0.05, 0.1) is 16.9 Å². The molecule has 0 radical (unpaired) electrons. The van der Waals surface area contributed by atoms with Crippen LogP contribution in [-0.4, -0.2) is 9.97 Å². The van der Waals surface area contributed by atoms with Gasteiger partial charge in [-0.3, -0.25) is 4.98 Å². The third-order valence-electron chi connectivity index (χ3n) is 2.93. The Kier molecular flexibility index (Phi) is 2.45. The highest BCUT2D eigenvalue weighted by molar-refractivity contribution is 5.92. The molecule has 1 aromatic carbocycles. The standard InChI is InChI=1S/C15H13N3/c1-10-6-7-17-14(8-10)15-9-12(16)11-4-2-3-5-13(11)18-15/h2-9H,1H3,(H2,16,18). The van der Waals surface area contributed by atoms with Gasteiger partial charge in [0.2, 0.25) is 0 Å². The summed E-state index contributed by atoms with van der Waals surface area (Å²) in [4.78, 5) is 8.94. The number of benzene rings is 1. The number of nitrogens with two attached hydrogens (primary N) is 1. The second kappa shape index (κ2) is 4.11. The SMILES string of the molecule is Cc1ccnc(-c2cc(N)c3ccccc3n2)c1. The van der Waals surface area contributed by atoms with Crippen LogP contribution < -0.4 is 5.73 Å². The van der Waals surface area contributed by atoms with Crippen LogP contribution in [0.5, 0.6) is 0 Å². The van der Waals surface area contributed by atoms with Gasteiger partial charge in [0.25, 0.3) is 0 Å². The zero-order valence-electron chi connectivity index (χ0n) is 10.1. The van der Waals surface area contributed by atoms with Crippen molar-refractivity contribution in [2.75, 3.05) is 5.73 Å². The number of hydrogen-bond acceptors (Lipinski definition) is 3. The number of para-hydroxylation sites is 1. The number of hydrogen-bond donors (Lipinski definition) is 1. The second-order valence-corrected chi connectivity index (χ2v) is 4.33. The van der Waals surface area contributed by atoms with E-state index in [1.54, 1.807) is 6.20 Å². The van der Waals surface area contributed by atoms with Gasteiger partial charge in [-0.05, 0) is 36.8 Å². The lowest BCUT2D eigenvalue weighted by Crippen LogP contribution is -1.94. The van der Waals surface area contributed by atoms with E-state index in [-0.39, 0.29) is 0 Å². The smallest absolute Gasteiger partial charge is 0.0914 e. The quantitative estimate of drug-likeness (QED) is 0.704. The van der Waals surface area contributed by atoms with Crippen molar-refractivity contribution in [2.45, 2.75) is 6.92 Å². The van der Waals surface area contributed by atoms with E-state index in [0.717, 1.165) is 33.5 Å². The average Bonchev–Trinajstić information content (AvgIpc) is 2.39. The minimum absolute atomic E-state index is 0.735. The highest BCUT2D eigenvalue weighted by atomic mass is 14.8. The number of anilines is 1. The number of aromatic nitrogens is 2. The summed E-state index contributed by atoms with van der Waals surface area (Å²) in [6.45, 7) is 2.04. The molecule has 0 aliphatic carbocycles. The van der Waals surface area contributed by atoms with Crippen LogP contribution in [0.4, 0.5) is 5.69 Å². The molecule has 88 valence electrons. The van der Waals surface area contributed by atoms with Crippen LogP contribution >= 0.6 is 0 Å². The van der Waals surface area contributed by atoms with E-state index in [1.807, 2.05) is 49.4 Å². The molecule has 0 bridgehead atoms.